The largest absolute Gasteiger partial charge is 0.330 e. The topological polar surface area (TPSA) is 101 Å². The number of carbonyl (C=O) groups excluding carboxylic acids is 3. The number of hydrogen-bond acceptors (Lipinski definition) is 4. The van der Waals surface area contributed by atoms with Crippen LogP contribution in [0, 0.1) is 13.8 Å². The van der Waals surface area contributed by atoms with E-state index in [9.17, 15) is 14.4 Å². The summed E-state index contributed by atoms with van der Waals surface area (Å²) in [6.45, 7) is 11.8. The minimum absolute atomic E-state index is 0.0697. The van der Waals surface area contributed by atoms with E-state index in [0.717, 1.165) is 22.8 Å². The maximum absolute atomic E-state index is 12.9. The molecule has 0 fully saturated rings. The van der Waals surface area contributed by atoms with Crippen molar-refractivity contribution in [2.45, 2.75) is 47.6 Å². The standard InChI is InChI=1S/C27H34N6O3/c1-7-31(17-25(35)30-24-11-9-23(10-12-24)29-21(6)34)27(36)13-8-22-16-19(4)32(20(22)5)26-14-15-28-33(26)18(2)3/h8-16,18H,7,17H2,1-6H3,(H,29,34)(H,30,35). The van der Waals surface area contributed by atoms with Gasteiger partial charge in [-0.1, -0.05) is 0 Å². The third-order valence-electron chi connectivity index (χ3n) is 5.76. The van der Waals surface area contributed by atoms with Crippen LogP contribution >= 0.6 is 0 Å². The highest BCUT2D eigenvalue weighted by Gasteiger charge is 2.16. The molecule has 3 amide bonds. The van der Waals surface area contributed by atoms with Crippen molar-refractivity contribution in [2.75, 3.05) is 23.7 Å². The maximum Gasteiger partial charge on any atom is 0.247 e. The maximum atomic E-state index is 12.9. The molecule has 3 aromatic rings. The summed E-state index contributed by atoms with van der Waals surface area (Å²) in [5, 5.41) is 9.89. The van der Waals surface area contributed by atoms with Crippen LogP contribution < -0.4 is 10.6 Å². The second kappa shape index (κ2) is 11.5. The normalized spacial score (nSPS) is 11.2. The van der Waals surface area contributed by atoms with Gasteiger partial charge >= 0.3 is 0 Å². The highest BCUT2D eigenvalue weighted by Crippen LogP contribution is 2.23. The number of aryl methyl sites for hydroxylation is 1. The van der Waals surface area contributed by atoms with Crippen molar-refractivity contribution in [3.05, 3.63) is 65.6 Å². The molecule has 36 heavy (non-hydrogen) atoms. The summed E-state index contributed by atoms with van der Waals surface area (Å²) in [5.41, 5.74) is 4.20. The predicted octanol–water partition coefficient (Wildman–Crippen LogP) is 4.33. The quantitative estimate of drug-likeness (QED) is 0.436. The molecule has 0 unspecified atom stereocenters. The number of likely N-dealkylation sites (N-methyl/N-ethyl adjacent to an activating group) is 1. The van der Waals surface area contributed by atoms with E-state index in [0.29, 0.717) is 17.9 Å². The third kappa shape index (κ3) is 6.29. The fraction of sp³-hybridized carbons (Fsp3) is 0.333. The summed E-state index contributed by atoms with van der Waals surface area (Å²) in [6.07, 6.45) is 5.08. The molecule has 0 aliphatic carbocycles. The lowest BCUT2D eigenvalue weighted by atomic mass is 10.2. The molecular formula is C27H34N6O3. The Kier molecular flexibility index (Phi) is 8.47. The minimum Gasteiger partial charge on any atom is -0.330 e. The summed E-state index contributed by atoms with van der Waals surface area (Å²) in [5.74, 6) is 0.264. The molecule has 2 N–H and O–H groups in total. The summed E-state index contributed by atoms with van der Waals surface area (Å²) in [7, 11) is 0. The van der Waals surface area contributed by atoms with Crippen molar-refractivity contribution in [3.63, 3.8) is 0 Å². The summed E-state index contributed by atoms with van der Waals surface area (Å²) in [6, 6.07) is 11.0. The van der Waals surface area contributed by atoms with E-state index >= 15 is 0 Å². The van der Waals surface area contributed by atoms with Gasteiger partial charge in [-0.15, -0.1) is 0 Å². The Labute approximate surface area is 211 Å². The van der Waals surface area contributed by atoms with Crippen molar-refractivity contribution in [1.29, 1.82) is 0 Å². The molecule has 0 spiro atoms. The van der Waals surface area contributed by atoms with E-state index in [4.69, 9.17) is 0 Å². The van der Waals surface area contributed by atoms with E-state index in [1.54, 1.807) is 36.5 Å². The summed E-state index contributed by atoms with van der Waals surface area (Å²) < 4.78 is 4.09. The molecule has 0 aliphatic rings. The second-order valence-corrected chi connectivity index (χ2v) is 8.88. The van der Waals surface area contributed by atoms with Gasteiger partial charge in [0.15, 0.2) is 0 Å². The molecule has 1 aromatic carbocycles. The van der Waals surface area contributed by atoms with Gasteiger partial charge in [0.1, 0.15) is 12.4 Å². The first kappa shape index (κ1) is 26.5. The van der Waals surface area contributed by atoms with Crippen LogP contribution in [-0.4, -0.2) is 50.1 Å². The Morgan fingerprint density at radius 2 is 1.69 bits per heavy atom. The molecule has 190 valence electrons. The average Bonchev–Trinajstić information content (AvgIpc) is 3.40. The predicted molar refractivity (Wildman–Crippen MR) is 142 cm³/mol. The van der Waals surface area contributed by atoms with Gasteiger partial charge in [0.2, 0.25) is 17.7 Å². The molecule has 2 aromatic heterocycles. The van der Waals surface area contributed by atoms with Crippen molar-refractivity contribution in [2.24, 2.45) is 0 Å². The van der Waals surface area contributed by atoms with Gasteiger partial charge in [-0.25, -0.2) is 4.68 Å². The van der Waals surface area contributed by atoms with Crippen LogP contribution in [0.3, 0.4) is 0 Å². The van der Waals surface area contributed by atoms with E-state index in [1.807, 2.05) is 37.6 Å². The van der Waals surface area contributed by atoms with Crippen molar-refractivity contribution in [1.82, 2.24) is 19.2 Å². The highest BCUT2D eigenvalue weighted by atomic mass is 16.2. The zero-order valence-corrected chi connectivity index (χ0v) is 21.7. The Bertz CT molecular complexity index is 1270. The number of carbonyl (C=O) groups is 3. The number of nitrogens with one attached hydrogen (secondary N) is 2. The summed E-state index contributed by atoms with van der Waals surface area (Å²) >= 11 is 0. The zero-order valence-electron chi connectivity index (χ0n) is 21.7. The Balaban J connectivity index is 1.67. The minimum atomic E-state index is -0.300. The van der Waals surface area contributed by atoms with Crippen LogP contribution in [0.5, 0.6) is 0 Å². The number of benzene rings is 1. The van der Waals surface area contributed by atoms with Crippen LogP contribution in [-0.2, 0) is 14.4 Å². The zero-order chi connectivity index (χ0) is 26.4. The molecule has 0 saturated heterocycles. The molecule has 3 rings (SSSR count). The highest BCUT2D eigenvalue weighted by molar-refractivity contribution is 5.98. The first-order valence-corrected chi connectivity index (χ1v) is 12.0. The lowest BCUT2D eigenvalue weighted by molar-refractivity contribution is -0.130. The molecular weight excluding hydrogens is 456 g/mol. The van der Waals surface area contributed by atoms with Crippen molar-refractivity contribution >= 4 is 35.2 Å². The molecule has 0 bridgehead atoms. The number of rotatable bonds is 9. The molecule has 0 aliphatic heterocycles. The van der Waals surface area contributed by atoms with Crippen molar-refractivity contribution < 1.29 is 14.4 Å². The molecule has 0 atom stereocenters. The van der Waals surface area contributed by atoms with Crippen LogP contribution in [0.15, 0.2) is 48.7 Å². The van der Waals surface area contributed by atoms with Gasteiger partial charge in [-0.2, -0.15) is 5.10 Å². The molecule has 9 nitrogen and oxygen atoms in total. The Hall–Kier alpha value is -4.14. The lowest BCUT2D eigenvalue weighted by Gasteiger charge is -2.18. The van der Waals surface area contributed by atoms with Crippen LogP contribution in [0.1, 0.15) is 50.7 Å². The van der Waals surface area contributed by atoms with Crippen LogP contribution in [0.2, 0.25) is 0 Å². The number of amides is 3. The SMILES string of the molecule is CCN(CC(=O)Nc1ccc(NC(C)=O)cc1)C(=O)C=Cc1cc(C)n(-c2ccnn2C(C)C)c1C. The number of anilines is 2. The Morgan fingerprint density at radius 1 is 1.06 bits per heavy atom. The third-order valence-corrected chi connectivity index (χ3v) is 5.76. The second-order valence-electron chi connectivity index (χ2n) is 8.88. The number of aromatic nitrogens is 3. The van der Waals surface area contributed by atoms with Gasteiger partial charge < -0.3 is 20.1 Å². The van der Waals surface area contributed by atoms with Gasteiger partial charge in [0.05, 0.1) is 6.20 Å². The smallest absolute Gasteiger partial charge is 0.247 e. The van der Waals surface area contributed by atoms with Crippen LogP contribution in [0.25, 0.3) is 11.9 Å². The first-order chi connectivity index (χ1) is 17.1. The fourth-order valence-corrected chi connectivity index (χ4v) is 4.02. The Morgan fingerprint density at radius 3 is 2.28 bits per heavy atom. The van der Waals surface area contributed by atoms with Gasteiger partial charge in [0.25, 0.3) is 0 Å². The monoisotopic (exact) mass is 490 g/mol. The van der Waals surface area contributed by atoms with E-state index < -0.39 is 0 Å². The van der Waals surface area contributed by atoms with Crippen molar-refractivity contribution in [3.8, 4) is 5.82 Å². The van der Waals surface area contributed by atoms with E-state index in [2.05, 4.69) is 34.1 Å². The average molecular weight is 491 g/mol. The molecule has 0 radical (unpaired) electrons. The molecule has 9 heteroatoms. The van der Waals surface area contributed by atoms with E-state index in [-0.39, 0.29) is 30.3 Å². The van der Waals surface area contributed by atoms with Gasteiger partial charge in [-0.3, -0.25) is 14.4 Å². The van der Waals surface area contributed by atoms with Gasteiger partial charge in [0, 0.05) is 54.4 Å². The number of nitrogens with zero attached hydrogens (tertiary/aromatic N) is 4. The molecule has 2 heterocycles. The summed E-state index contributed by atoms with van der Waals surface area (Å²) in [4.78, 5) is 38.0. The first-order valence-electron chi connectivity index (χ1n) is 12.0. The van der Waals surface area contributed by atoms with Crippen LogP contribution in [0.4, 0.5) is 11.4 Å². The lowest BCUT2D eigenvalue weighted by Crippen LogP contribution is -2.36. The van der Waals surface area contributed by atoms with Gasteiger partial charge in [-0.05, 0) is 76.6 Å². The molecule has 0 saturated carbocycles. The van der Waals surface area contributed by atoms with E-state index in [1.165, 1.54) is 17.9 Å². The number of hydrogen-bond donors (Lipinski definition) is 2. The fourth-order valence-electron chi connectivity index (χ4n) is 4.02.